The highest BCUT2D eigenvalue weighted by molar-refractivity contribution is 7.09. The lowest BCUT2D eigenvalue weighted by Crippen LogP contribution is -2.34. The SMILES string of the molecule is CC(C)c1nsc(N2CCCC(c3nc4ccccc4o3)C2)n1. The molecule has 1 aliphatic heterocycles. The number of aromatic nitrogens is 3. The van der Waals surface area contributed by atoms with Crippen LogP contribution < -0.4 is 4.90 Å². The monoisotopic (exact) mass is 328 g/mol. The maximum atomic E-state index is 5.96. The minimum atomic E-state index is 0.322. The van der Waals surface area contributed by atoms with Crippen molar-refractivity contribution in [2.45, 2.75) is 38.5 Å². The summed E-state index contributed by atoms with van der Waals surface area (Å²) in [5.41, 5.74) is 1.82. The van der Waals surface area contributed by atoms with Crippen molar-refractivity contribution < 1.29 is 4.42 Å². The fraction of sp³-hybridized carbons (Fsp3) is 0.471. The number of hydrogen-bond acceptors (Lipinski definition) is 6. The molecule has 3 heterocycles. The van der Waals surface area contributed by atoms with Crippen LogP contribution in [0.15, 0.2) is 28.7 Å². The number of rotatable bonds is 3. The summed E-state index contributed by atoms with van der Waals surface area (Å²) in [5, 5.41) is 1.02. The molecule has 3 aromatic rings. The molecule has 5 nitrogen and oxygen atoms in total. The van der Waals surface area contributed by atoms with Gasteiger partial charge in [-0.1, -0.05) is 26.0 Å². The number of benzene rings is 1. The minimum absolute atomic E-state index is 0.322. The van der Waals surface area contributed by atoms with E-state index in [-0.39, 0.29) is 0 Å². The van der Waals surface area contributed by atoms with Crippen molar-refractivity contribution in [2.24, 2.45) is 0 Å². The Balaban J connectivity index is 1.56. The molecular weight excluding hydrogens is 308 g/mol. The molecule has 4 rings (SSSR count). The van der Waals surface area contributed by atoms with Gasteiger partial charge in [0.15, 0.2) is 11.5 Å². The standard InChI is InChI=1S/C17H20N4OS/c1-11(2)15-19-17(23-20-15)21-9-5-6-12(10-21)16-18-13-7-3-4-8-14(13)22-16/h3-4,7-8,11-12H,5-6,9-10H2,1-2H3. The summed E-state index contributed by atoms with van der Waals surface area (Å²) in [7, 11) is 0. The fourth-order valence-electron chi connectivity index (χ4n) is 3.01. The van der Waals surface area contributed by atoms with Crippen LogP contribution in [-0.2, 0) is 0 Å². The second-order valence-electron chi connectivity index (χ2n) is 6.39. The maximum Gasteiger partial charge on any atom is 0.205 e. The molecule has 0 amide bonds. The van der Waals surface area contributed by atoms with Crippen LogP contribution in [0, 0.1) is 0 Å². The highest BCUT2D eigenvalue weighted by Crippen LogP contribution is 2.32. The molecule has 1 aliphatic rings. The number of nitrogens with zero attached hydrogens (tertiary/aromatic N) is 4. The normalized spacial score (nSPS) is 18.9. The van der Waals surface area contributed by atoms with Gasteiger partial charge in [-0.05, 0) is 25.0 Å². The Morgan fingerprint density at radius 3 is 2.91 bits per heavy atom. The number of para-hydroxylation sites is 2. The molecule has 1 fully saturated rings. The average molecular weight is 328 g/mol. The van der Waals surface area contributed by atoms with Gasteiger partial charge >= 0.3 is 0 Å². The van der Waals surface area contributed by atoms with Crippen LogP contribution >= 0.6 is 11.5 Å². The van der Waals surface area contributed by atoms with E-state index in [1.54, 1.807) is 0 Å². The Bertz CT molecular complexity index is 777. The first-order chi connectivity index (χ1) is 11.2. The van der Waals surface area contributed by atoms with Gasteiger partial charge in [-0.15, -0.1) is 0 Å². The zero-order valence-electron chi connectivity index (χ0n) is 13.4. The minimum Gasteiger partial charge on any atom is -0.440 e. The first-order valence-electron chi connectivity index (χ1n) is 8.14. The molecule has 1 atom stereocenters. The Hall–Kier alpha value is -1.95. The molecule has 0 spiro atoms. The van der Waals surface area contributed by atoms with Gasteiger partial charge in [0, 0.05) is 30.5 Å². The van der Waals surface area contributed by atoms with Crippen molar-refractivity contribution in [3.8, 4) is 0 Å². The molecule has 1 aromatic carbocycles. The molecule has 0 bridgehead atoms. The molecular formula is C17H20N4OS. The topological polar surface area (TPSA) is 55.1 Å². The van der Waals surface area contributed by atoms with E-state index in [0.717, 1.165) is 53.9 Å². The van der Waals surface area contributed by atoms with Gasteiger partial charge in [0.05, 0.1) is 5.92 Å². The zero-order chi connectivity index (χ0) is 15.8. The summed E-state index contributed by atoms with van der Waals surface area (Å²) >= 11 is 1.50. The Kier molecular flexibility index (Phi) is 3.77. The Morgan fingerprint density at radius 1 is 1.26 bits per heavy atom. The third-order valence-electron chi connectivity index (χ3n) is 4.30. The number of anilines is 1. The van der Waals surface area contributed by atoms with Crippen LogP contribution in [0.5, 0.6) is 0 Å². The molecule has 0 radical (unpaired) electrons. The predicted molar refractivity (Wildman–Crippen MR) is 92.2 cm³/mol. The van der Waals surface area contributed by atoms with E-state index in [1.165, 1.54) is 11.5 Å². The molecule has 0 saturated carbocycles. The lowest BCUT2D eigenvalue weighted by atomic mass is 9.98. The summed E-state index contributed by atoms with van der Waals surface area (Å²) in [6, 6.07) is 7.96. The molecule has 2 aromatic heterocycles. The zero-order valence-corrected chi connectivity index (χ0v) is 14.2. The van der Waals surface area contributed by atoms with Gasteiger partial charge in [-0.3, -0.25) is 0 Å². The largest absolute Gasteiger partial charge is 0.440 e. The van der Waals surface area contributed by atoms with E-state index in [4.69, 9.17) is 4.42 Å². The summed E-state index contributed by atoms with van der Waals surface area (Å²) < 4.78 is 10.4. The van der Waals surface area contributed by atoms with Crippen molar-refractivity contribution in [1.82, 2.24) is 14.3 Å². The Labute approximate surface area is 139 Å². The fourth-order valence-corrected chi connectivity index (χ4v) is 3.85. The van der Waals surface area contributed by atoms with Gasteiger partial charge in [-0.25, -0.2) is 9.97 Å². The van der Waals surface area contributed by atoms with Gasteiger partial charge in [0.2, 0.25) is 5.13 Å². The molecule has 1 saturated heterocycles. The van der Waals surface area contributed by atoms with Gasteiger partial charge in [0.1, 0.15) is 11.3 Å². The summed E-state index contributed by atoms with van der Waals surface area (Å²) in [5.74, 6) is 2.48. The lowest BCUT2D eigenvalue weighted by Gasteiger charge is -2.30. The van der Waals surface area contributed by atoms with E-state index in [0.29, 0.717) is 11.8 Å². The first-order valence-corrected chi connectivity index (χ1v) is 8.92. The summed E-state index contributed by atoms with van der Waals surface area (Å²) in [6.07, 6.45) is 2.24. The van der Waals surface area contributed by atoms with Crippen molar-refractivity contribution in [3.05, 3.63) is 36.0 Å². The number of piperidine rings is 1. The van der Waals surface area contributed by atoms with Crippen molar-refractivity contribution in [1.29, 1.82) is 0 Å². The number of fused-ring (bicyclic) bond motifs is 1. The van der Waals surface area contributed by atoms with E-state index < -0.39 is 0 Å². The van der Waals surface area contributed by atoms with Crippen LogP contribution in [0.25, 0.3) is 11.1 Å². The van der Waals surface area contributed by atoms with Crippen LogP contribution in [0.3, 0.4) is 0 Å². The van der Waals surface area contributed by atoms with Crippen molar-refractivity contribution >= 4 is 27.8 Å². The highest BCUT2D eigenvalue weighted by Gasteiger charge is 2.27. The quantitative estimate of drug-likeness (QED) is 0.721. The first kappa shape index (κ1) is 14.6. The molecule has 1 unspecified atom stereocenters. The summed E-state index contributed by atoms with van der Waals surface area (Å²) in [4.78, 5) is 11.7. The molecule has 120 valence electrons. The molecule has 0 N–H and O–H groups in total. The molecule has 23 heavy (non-hydrogen) atoms. The van der Waals surface area contributed by atoms with Crippen molar-refractivity contribution in [2.75, 3.05) is 18.0 Å². The summed E-state index contributed by atoms with van der Waals surface area (Å²) in [6.45, 7) is 6.19. The Morgan fingerprint density at radius 2 is 2.13 bits per heavy atom. The third kappa shape index (κ3) is 2.83. The van der Waals surface area contributed by atoms with Gasteiger partial charge < -0.3 is 9.32 Å². The highest BCUT2D eigenvalue weighted by atomic mass is 32.1. The molecule has 0 aliphatic carbocycles. The number of hydrogen-bond donors (Lipinski definition) is 0. The lowest BCUT2D eigenvalue weighted by molar-refractivity contribution is 0.413. The maximum absolute atomic E-state index is 5.96. The van der Waals surface area contributed by atoms with E-state index in [9.17, 15) is 0 Å². The molecule has 6 heteroatoms. The van der Waals surface area contributed by atoms with E-state index in [1.807, 2.05) is 24.3 Å². The van der Waals surface area contributed by atoms with Gasteiger partial charge in [0.25, 0.3) is 0 Å². The van der Waals surface area contributed by atoms with Crippen LogP contribution in [0.1, 0.15) is 50.2 Å². The third-order valence-corrected chi connectivity index (χ3v) is 5.09. The smallest absolute Gasteiger partial charge is 0.205 e. The van der Waals surface area contributed by atoms with Gasteiger partial charge in [-0.2, -0.15) is 4.37 Å². The second kappa shape index (κ2) is 5.92. The van der Waals surface area contributed by atoms with E-state index >= 15 is 0 Å². The van der Waals surface area contributed by atoms with Crippen LogP contribution in [0.4, 0.5) is 5.13 Å². The second-order valence-corrected chi connectivity index (χ2v) is 7.13. The van der Waals surface area contributed by atoms with Crippen LogP contribution in [-0.4, -0.2) is 27.4 Å². The van der Waals surface area contributed by atoms with E-state index in [2.05, 4.69) is 33.1 Å². The predicted octanol–water partition coefficient (Wildman–Crippen LogP) is 4.19. The number of oxazole rings is 1. The average Bonchev–Trinajstić information content (AvgIpc) is 3.22. The van der Waals surface area contributed by atoms with Crippen LogP contribution in [0.2, 0.25) is 0 Å². The van der Waals surface area contributed by atoms with Crippen molar-refractivity contribution in [3.63, 3.8) is 0 Å².